The van der Waals surface area contributed by atoms with Gasteiger partial charge in [0, 0.05) is 30.2 Å². The molecule has 1 saturated heterocycles. The second-order valence-electron chi connectivity index (χ2n) is 6.69. The molecule has 4 rings (SSSR count). The third kappa shape index (κ3) is 3.73. The molecule has 0 atom stereocenters. The molecule has 2 aromatic carbocycles. The molecule has 2 amide bonds. The summed E-state index contributed by atoms with van der Waals surface area (Å²) in [6, 6.07) is 18.9. The van der Waals surface area contributed by atoms with Crippen LogP contribution in [-0.2, 0) is 4.79 Å². The molecule has 0 unspecified atom stereocenters. The number of carbonyl (C=O) groups is 2. The second-order valence-corrected chi connectivity index (χ2v) is 6.69. The van der Waals surface area contributed by atoms with Gasteiger partial charge in [-0.1, -0.05) is 18.2 Å². The van der Waals surface area contributed by atoms with Crippen LogP contribution < -0.4 is 15.5 Å². The monoisotopic (exact) mass is 375 g/mol. The van der Waals surface area contributed by atoms with Gasteiger partial charge in [-0.05, 0) is 49.4 Å². The van der Waals surface area contributed by atoms with E-state index in [1.165, 1.54) is 0 Å². The Hall–Kier alpha value is -3.61. The molecule has 0 saturated carbocycles. The highest BCUT2D eigenvalue weighted by Crippen LogP contribution is 2.19. The highest BCUT2D eigenvalue weighted by molar-refractivity contribution is 6.03. The number of piperazine rings is 1. The van der Waals surface area contributed by atoms with Crippen LogP contribution in [0.1, 0.15) is 16.2 Å². The smallest absolute Gasteiger partial charge is 0.276 e. The fraction of sp³-hybridized carbons (Fsp3) is 0.190. The molecule has 7 nitrogen and oxygen atoms in total. The first-order valence-corrected chi connectivity index (χ1v) is 9.15. The number of hydrogen-bond donors (Lipinski definition) is 2. The van der Waals surface area contributed by atoms with E-state index in [0.29, 0.717) is 24.5 Å². The Balaban J connectivity index is 1.46. The van der Waals surface area contributed by atoms with Gasteiger partial charge >= 0.3 is 0 Å². The summed E-state index contributed by atoms with van der Waals surface area (Å²) in [4.78, 5) is 26.1. The Bertz CT molecular complexity index is 995. The maximum Gasteiger partial charge on any atom is 0.276 e. The first kappa shape index (κ1) is 17.8. The average molecular weight is 375 g/mol. The molecule has 7 heteroatoms. The summed E-state index contributed by atoms with van der Waals surface area (Å²) in [5, 5.41) is 10.1. The van der Waals surface area contributed by atoms with Gasteiger partial charge in [0.1, 0.15) is 0 Å². The van der Waals surface area contributed by atoms with Gasteiger partial charge < -0.3 is 15.5 Å². The Morgan fingerprint density at radius 2 is 1.82 bits per heavy atom. The number of amides is 2. The molecule has 3 aromatic rings. The summed E-state index contributed by atoms with van der Waals surface area (Å²) >= 11 is 0. The van der Waals surface area contributed by atoms with Crippen molar-refractivity contribution in [3.63, 3.8) is 0 Å². The summed E-state index contributed by atoms with van der Waals surface area (Å²) in [6.45, 7) is 3.68. The molecular formula is C21H21N5O2. The number of hydrogen-bond acceptors (Lipinski definition) is 4. The molecule has 0 spiro atoms. The summed E-state index contributed by atoms with van der Waals surface area (Å²) in [7, 11) is 0. The van der Waals surface area contributed by atoms with Crippen LogP contribution in [-0.4, -0.2) is 41.2 Å². The fourth-order valence-corrected chi connectivity index (χ4v) is 3.23. The second kappa shape index (κ2) is 7.56. The number of benzene rings is 2. The number of aromatic nitrogens is 2. The largest absolute Gasteiger partial charge is 0.360 e. The minimum Gasteiger partial charge on any atom is -0.360 e. The molecule has 2 heterocycles. The summed E-state index contributed by atoms with van der Waals surface area (Å²) in [5.74, 6) is -0.240. The molecule has 2 N–H and O–H groups in total. The minimum atomic E-state index is -0.261. The van der Waals surface area contributed by atoms with Crippen LogP contribution in [0.5, 0.6) is 0 Å². The molecule has 0 bridgehead atoms. The predicted molar refractivity (Wildman–Crippen MR) is 108 cm³/mol. The predicted octanol–water partition coefficient (Wildman–Crippen LogP) is 2.37. The van der Waals surface area contributed by atoms with Crippen LogP contribution >= 0.6 is 0 Å². The standard InChI is InChI=1S/C21H21N5O2/c1-15-13-19(24-26(15)18-5-3-2-4-6-18)21(28)23-16-7-9-17(10-8-16)25-12-11-22-20(27)14-25/h2-10,13H,11-12,14H2,1H3,(H,22,27)(H,23,28). The van der Waals surface area contributed by atoms with Crippen molar-refractivity contribution in [1.82, 2.24) is 15.1 Å². The van der Waals surface area contributed by atoms with Crippen molar-refractivity contribution in [2.45, 2.75) is 6.92 Å². The molecule has 28 heavy (non-hydrogen) atoms. The zero-order valence-corrected chi connectivity index (χ0v) is 15.6. The third-order valence-corrected chi connectivity index (χ3v) is 4.65. The van der Waals surface area contributed by atoms with Gasteiger partial charge in [0.15, 0.2) is 5.69 Å². The van der Waals surface area contributed by atoms with Crippen LogP contribution in [0.25, 0.3) is 5.69 Å². The normalized spacial score (nSPS) is 13.9. The number of aryl methyl sites for hydroxylation is 1. The molecule has 142 valence electrons. The van der Waals surface area contributed by atoms with Gasteiger partial charge in [0.05, 0.1) is 12.2 Å². The highest BCUT2D eigenvalue weighted by Gasteiger charge is 2.17. The average Bonchev–Trinajstić information content (AvgIpc) is 3.11. The van der Waals surface area contributed by atoms with E-state index in [0.717, 1.165) is 23.6 Å². The maximum absolute atomic E-state index is 12.6. The van der Waals surface area contributed by atoms with Gasteiger partial charge in [-0.3, -0.25) is 9.59 Å². The van der Waals surface area contributed by atoms with E-state index in [2.05, 4.69) is 15.7 Å². The van der Waals surface area contributed by atoms with E-state index in [4.69, 9.17) is 0 Å². The molecule has 1 aliphatic heterocycles. The zero-order chi connectivity index (χ0) is 19.5. The van der Waals surface area contributed by atoms with Gasteiger partial charge in [-0.15, -0.1) is 0 Å². The van der Waals surface area contributed by atoms with Gasteiger partial charge in [-0.2, -0.15) is 5.10 Å². The number of nitrogens with one attached hydrogen (secondary N) is 2. The number of nitrogens with zero attached hydrogens (tertiary/aromatic N) is 3. The Morgan fingerprint density at radius 3 is 2.54 bits per heavy atom. The van der Waals surface area contributed by atoms with E-state index in [1.54, 1.807) is 10.7 Å². The number of anilines is 2. The molecular weight excluding hydrogens is 354 g/mol. The van der Waals surface area contributed by atoms with Crippen molar-refractivity contribution in [2.24, 2.45) is 0 Å². The topological polar surface area (TPSA) is 79.3 Å². The highest BCUT2D eigenvalue weighted by atomic mass is 16.2. The summed E-state index contributed by atoms with van der Waals surface area (Å²) in [5.41, 5.74) is 3.79. The third-order valence-electron chi connectivity index (χ3n) is 4.65. The molecule has 0 radical (unpaired) electrons. The van der Waals surface area contributed by atoms with Gasteiger partial charge in [0.25, 0.3) is 5.91 Å². The maximum atomic E-state index is 12.6. The zero-order valence-electron chi connectivity index (χ0n) is 15.6. The van der Waals surface area contributed by atoms with E-state index < -0.39 is 0 Å². The first-order valence-electron chi connectivity index (χ1n) is 9.15. The number of para-hydroxylation sites is 1. The Kier molecular flexibility index (Phi) is 4.80. The Morgan fingerprint density at radius 1 is 1.07 bits per heavy atom. The Labute approximate surface area is 163 Å². The summed E-state index contributed by atoms with van der Waals surface area (Å²) < 4.78 is 1.75. The lowest BCUT2D eigenvalue weighted by atomic mass is 10.2. The molecule has 1 aromatic heterocycles. The lowest BCUT2D eigenvalue weighted by Crippen LogP contribution is -2.47. The van der Waals surface area contributed by atoms with Crippen molar-refractivity contribution in [1.29, 1.82) is 0 Å². The molecule has 1 fully saturated rings. The molecule has 1 aliphatic rings. The lowest BCUT2D eigenvalue weighted by molar-refractivity contribution is -0.120. The van der Waals surface area contributed by atoms with Crippen molar-refractivity contribution >= 4 is 23.2 Å². The van der Waals surface area contributed by atoms with Crippen LogP contribution in [0.4, 0.5) is 11.4 Å². The van der Waals surface area contributed by atoms with E-state index in [9.17, 15) is 9.59 Å². The van der Waals surface area contributed by atoms with Crippen molar-refractivity contribution in [3.05, 3.63) is 72.1 Å². The number of carbonyl (C=O) groups excluding carboxylic acids is 2. The first-order chi connectivity index (χ1) is 13.6. The molecule has 0 aliphatic carbocycles. The van der Waals surface area contributed by atoms with Crippen LogP contribution in [0.15, 0.2) is 60.7 Å². The quantitative estimate of drug-likeness (QED) is 0.734. The van der Waals surface area contributed by atoms with Crippen molar-refractivity contribution < 1.29 is 9.59 Å². The SMILES string of the molecule is Cc1cc(C(=O)Nc2ccc(N3CCNC(=O)C3)cc2)nn1-c1ccccc1. The van der Waals surface area contributed by atoms with Crippen LogP contribution in [0.3, 0.4) is 0 Å². The van der Waals surface area contributed by atoms with Gasteiger partial charge in [0.2, 0.25) is 5.91 Å². The van der Waals surface area contributed by atoms with Crippen molar-refractivity contribution in [3.8, 4) is 5.69 Å². The van der Waals surface area contributed by atoms with Crippen LogP contribution in [0, 0.1) is 6.92 Å². The number of rotatable bonds is 4. The van der Waals surface area contributed by atoms with E-state index in [-0.39, 0.29) is 11.8 Å². The fourth-order valence-electron chi connectivity index (χ4n) is 3.23. The lowest BCUT2D eigenvalue weighted by Gasteiger charge is -2.28. The van der Waals surface area contributed by atoms with Gasteiger partial charge in [-0.25, -0.2) is 4.68 Å². The summed E-state index contributed by atoms with van der Waals surface area (Å²) in [6.07, 6.45) is 0. The van der Waals surface area contributed by atoms with E-state index in [1.807, 2.05) is 66.4 Å². The van der Waals surface area contributed by atoms with E-state index >= 15 is 0 Å². The van der Waals surface area contributed by atoms with Crippen molar-refractivity contribution in [2.75, 3.05) is 29.9 Å². The van der Waals surface area contributed by atoms with Crippen LogP contribution in [0.2, 0.25) is 0 Å². The minimum absolute atomic E-state index is 0.0213.